The molecule has 2 aliphatic rings. The first-order chi connectivity index (χ1) is 13.6. The molecule has 1 unspecified atom stereocenters. The highest BCUT2D eigenvalue weighted by Crippen LogP contribution is 2.44. The third kappa shape index (κ3) is 2.78. The number of piperidine rings is 1. The molecule has 1 aliphatic carbocycles. The predicted molar refractivity (Wildman–Crippen MR) is 106 cm³/mol. The molecule has 1 atom stereocenters. The summed E-state index contributed by atoms with van der Waals surface area (Å²) in [6.45, 7) is 3.71. The average molecular weight is 374 g/mol. The predicted octanol–water partition coefficient (Wildman–Crippen LogP) is 2.41. The molecule has 0 bridgehead atoms. The van der Waals surface area contributed by atoms with Crippen LogP contribution in [-0.4, -0.2) is 38.0 Å². The topological polar surface area (TPSA) is 87.7 Å². The number of nitrogens with zero attached hydrogens (tertiary/aromatic N) is 5. The molecule has 0 radical (unpaired) electrons. The van der Waals surface area contributed by atoms with Gasteiger partial charge in [-0.1, -0.05) is 0 Å². The molecule has 4 heterocycles. The van der Waals surface area contributed by atoms with E-state index in [9.17, 15) is 4.79 Å². The number of H-pyrrole nitrogens is 1. The molecule has 7 heteroatoms. The highest BCUT2D eigenvalue weighted by Gasteiger charge is 2.45. The summed E-state index contributed by atoms with van der Waals surface area (Å²) in [6, 6.07) is 5.75. The second kappa shape index (κ2) is 6.51. The molecule has 1 aliphatic heterocycles. The number of hydrogen-bond acceptors (Lipinski definition) is 6. The van der Waals surface area contributed by atoms with Gasteiger partial charge in [0.1, 0.15) is 17.5 Å². The van der Waals surface area contributed by atoms with Crippen molar-refractivity contribution in [2.45, 2.75) is 38.0 Å². The van der Waals surface area contributed by atoms with Gasteiger partial charge in [0, 0.05) is 48.2 Å². The fraction of sp³-hybridized carbons (Fsp3) is 0.381. The minimum absolute atomic E-state index is 0.0178. The van der Waals surface area contributed by atoms with Gasteiger partial charge in [-0.05, 0) is 50.8 Å². The molecule has 142 valence electrons. The van der Waals surface area contributed by atoms with E-state index in [0.717, 1.165) is 67.2 Å². The van der Waals surface area contributed by atoms with E-state index in [2.05, 4.69) is 24.8 Å². The minimum atomic E-state index is -0.0995. The van der Waals surface area contributed by atoms with Crippen LogP contribution >= 0.6 is 0 Å². The second-order valence-corrected chi connectivity index (χ2v) is 7.75. The first-order valence-corrected chi connectivity index (χ1v) is 9.73. The van der Waals surface area contributed by atoms with E-state index in [1.807, 2.05) is 31.3 Å². The Morgan fingerprint density at radius 3 is 2.93 bits per heavy atom. The van der Waals surface area contributed by atoms with Gasteiger partial charge in [-0.15, -0.1) is 0 Å². The van der Waals surface area contributed by atoms with Gasteiger partial charge in [0.25, 0.3) is 5.56 Å². The third-order valence-electron chi connectivity index (χ3n) is 5.97. The Kier molecular flexibility index (Phi) is 3.96. The molecule has 0 amide bonds. The summed E-state index contributed by atoms with van der Waals surface area (Å²) in [5.74, 6) is 2.34. The number of nitrogens with one attached hydrogen (secondary N) is 1. The van der Waals surface area contributed by atoms with Gasteiger partial charge in [0.05, 0.1) is 5.69 Å². The van der Waals surface area contributed by atoms with Crippen LogP contribution in [0.15, 0.2) is 41.6 Å². The van der Waals surface area contributed by atoms with Gasteiger partial charge in [0.15, 0.2) is 0 Å². The number of fused-ring (bicyclic) bond motifs is 2. The van der Waals surface area contributed by atoms with Crippen LogP contribution in [0.5, 0.6) is 0 Å². The van der Waals surface area contributed by atoms with Crippen LogP contribution < -0.4 is 10.5 Å². The number of aromatic nitrogens is 5. The van der Waals surface area contributed by atoms with Gasteiger partial charge in [0.2, 0.25) is 0 Å². The summed E-state index contributed by atoms with van der Waals surface area (Å²) in [4.78, 5) is 36.0. The van der Waals surface area contributed by atoms with Crippen molar-refractivity contribution < 1.29 is 0 Å². The van der Waals surface area contributed by atoms with Crippen molar-refractivity contribution in [2.24, 2.45) is 0 Å². The first-order valence-electron chi connectivity index (χ1n) is 9.73. The largest absolute Gasteiger partial charge is 0.356 e. The van der Waals surface area contributed by atoms with Gasteiger partial charge >= 0.3 is 0 Å². The van der Waals surface area contributed by atoms with E-state index in [1.54, 1.807) is 12.4 Å². The highest BCUT2D eigenvalue weighted by molar-refractivity contribution is 5.54. The molecule has 28 heavy (non-hydrogen) atoms. The Hall–Kier alpha value is -3.09. The number of anilines is 1. The van der Waals surface area contributed by atoms with Gasteiger partial charge in [-0.25, -0.2) is 15.0 Å². The maximum atomic E-state index is 12.8. The number of hydrogen-bond donors (Lipinski definition) is 1. The smallest absolute Gasteiger partial charge is 0.254 e. The molecule has 3 aromatic heterocycles. The highest BCUT2D eigenvalue weighted by atomic mass is 16.1. The molecule has 3 aromatic rings. The zero-order valence-corrected chi connectivity index (χ0v) is 15.9. The number of pyridine rings is 1. The van der Waals surface area contributed by atoms with E-state index in [0.29, 0.717) is 5.82 Å². The van der Waals surface area contributed by atoms with E-state index in [4.69, 9.17) is 4.98 Å². The van der Waals surface area contributed by atoms with E-state index < -0.39 is 0 Å². The maximum absolute atomic E-state index is 12.8. The lowest BCUT2D eigenvalue weighted by atomic mass is 9.77. The molecule has 5 rings (SSSR count). The van der Waals surface area contributed by atoms with Crippen LogP contribution in [0.4, 0.5) is 5.82 Å². The molecule has 1 fully saturated rings. The Balaban J connectivity index is 1.56. The lowest BCUT2D eigenvalue weighted by Gasteiger charge is -2.41. The molecule has 1 N–H and O–H groups in total. The average Bonchev–Trinajstić information content (AvgIpc) is 3.07. The van der Waals surface area contributed by atoms with Crippen molar-refractivity contribution in [1.82, 2.24) is 24.9 Å². The molecular formula is C21H22N6O. The van der Waals surface area contributed by atoms with Crippen molar-refractivity contribution in [2.75, 3.05) is 18.0 Å². The fourth-order valence-electron chi connectivity index (χ4n) is 4.64. The normalized spacial score (nSPS) is 21.1. The van der Waals surface area contributed by atoms with Gasteiger partial charge < -0.3 is 9.88 Å². The monoisotopic (exact) mass is 374 g/mol. The van der Waals surface area contributed by atoms with Crippen molar-refractivity contribution in [3.05, 3.63) is 64.2 Å². The number of aromatic amines is 1. The van der Waals surface area contributed by atoms with Crippen molar-refractivity contribution in [3.63, 3.8) is 0 Å². The second-order valence-electron chi connectivity index (χ2n) is 7.75. The zero-order valence-electron chi connectivity index (χ0n) is 15.9. The molecule has 0 aromatic carbocycles. The summed E-state index contributed by atoms with van der Waals surface area (Å²) >= 11 is 0. The summed E-state index contributed by atoms with van der Waals surface area (Å²) in [7, 11) is 0. The first kappa shape index (κ1) is 17.0. The molecule has 7 nitrogen and oxygen atoms in total. The maximum Gasteiger partial charge on any atom is 0.254 e. The van der Waals surface area contributed by atoms with E-state index >= 15 is 0 Å². The summed E-state index contributed by atoms with van der Waals surface area (Å²) in [5, 5.41) is 0. The van der Waals surface area contributed by atoms with Crippen molar-refractivity contribution >= 4 is 5.82 Å². The summed E-state index contributed by atoms with van der Waals surface area (Å²) in [5.41, 5.74) is 2.52. The van der Waals surface area contributed by atoms with Crippen LogP contribution in [0.25, 0.3) is 11.4 Å². The Bertz CT molecular complexity index is 1080. The van der Waals surface area contributed by atoms with Crippen LogP contribution in [0, 0.1) is 6.92 Å². The van der Waals surface area contributed by atoms with Crippen molar-refractivity contribution in [1.29, 1.82) is 0 Å². The lowest BCUT2D eigenvalue weighted by molar-refractivity contribution is 0.333. The van der Waals surface area contributed by atoms with E-state index in [1.165, 1.54) is 0 Å². The summed E-state index contributed by atoms with van der Waals surface area (Å²) in [6.07, 6.45) is 9.10. The Morgan fingerprint density at radius 1 is 1.18 bits per heavy atom. The van der Waals surface area contributed by atoms with Crippen LogP contribution in [-0.2, 0) is 11.8 Å². The third-order valence-corrected chi connectivity index (χ3v) is 5.97. The molecular weight excluding hydrogens is 352 g/mol. The van der Waals surface area contributed by atoms with Gasteiger partial charge in [-0.3, -0.25) is 9.78 Å². The Morgan fingerprint density at radius 2 is 2.11 bits per heavy atom. The lowest BCUT2D eigenvalue weighted by Crippen LogP contribution is -2.46. The number of rotatable bonds is 2. The minimum Gasteiger partial charge on any atom is -0.356 e. The SMILES string of the molecule is Cc1nccc(N2CCCC3(CCc4c3nc(-c3cccnc3)[nH]c4=O)C2)n1. The van der Waals surface area contributed by atoms with Crippen molar-refractivity contribution in [3.8, 4) is 11.4 Å². The molecule has 0 saturated carbocycles. The quantitative estimate of drug-likeness (QED) is 0.741. The van der Waals surface area contributed by atoms with Crippen LogP contribution in [0.1, 0.15) is 36.3 Å². The fourth-order valence-corrected chi connectivity index (χ4v) is 4.64. The summed E-state index contributed by atoms with van der Waals surface area (Å²) < 4.78 is 0. The van der Waals surface area contributed by atoms with Crippen LogP contribution in [0.3, 0.4) is 0 Å². The zero-order chi connectivity index (χ0) is 19.1. The number of aryl methyl sites for hydroxylation is 1. The molecule has 1 saturated heterocycles. The molecule has 1 spiro atoms. The van der Waals surface area contributed by atoms with E-state index in [-0.39, 0.29) is 11.0 Å². The van der Waals surface area contributed by atoms with Gasteiger partial charge in [-0.2, -0.15) is 0 Å². The standard InChI is InChI=1S/C21H22N6O/c1-14-23-10-6-17(24-14)27-11-3-7-21(13-27)8-5-16-18(21)25-19(26-20(16)28)15-4-2-9-22-12-15/h2,4,6,9-10,12H,3,5,7-8,11,13H2,1H3,(H,25,26,28). The van der Waals surface area contributed by atoms with Crippen LogP contribution in [0.2, 0.25) is 0 Å². The Labute approximate surface area is 162 Å².